The predicted molar refractivity (Wildman–Crippen MR) is 144 cm³/mol. The second kappa shape index (κ2) is 12.8. The molecule has 0 radical (unpaired) electrons. The van der Waals surface area contributed by atoms with Gasteiger partial charge in [-0.15, -0.1) is 0 Å². The van der Waals surface area contributed by atoms with Crippen LogP contribution >= 0.6 is 0 Å². The molecular formula is C29H34N2O8. The number of phenolic OH excluding ortho intramolecular Hbond substituents is 1. The molecule has 0 bridgehead atoms. The van der Waals surface area contributed by atoms with Gasteiger partial charge in [0.25, 0.3) is 5.91 Å². The Morgan fingerprint density at radius 3 is 1.82 bits per heavy atom. The summed E-state index contributed by atoms with van der Waals surface area (Å²) in [7, 11) is 1.06. The lowest BCUT2D eigenvalue weighted by Gasteiger charge is -2.25. The van der Waals surface area contributed by atoms with Crippen molar-refractivity contribution in [2.75, 3.05) is 12.4 Å². The highest BCUT2D eigenvalue weighted by atomic mass is 16.6. The van der Waals surface area contributed by atoms with Crippen molar-refractivity contribution < 1.29 is 38.5 Å². The summed E-state index contributed by atoms with van der Waals surface area (Å²) < 4.78 is 15.9. The maximum absolute atomic E-state index is 13.6. The summed E-state index contributed by atoms with van der Waals surface area (Å²) in [6.45, 7) is 9.71. The fraction of sp³-hybridized carbons (Fsp3) is 0.310. The number of hydrogen-bond donors (Lipinski definition) is 3. The van der Waals surface area contributed by atoms with E-state index in [4.69, 9.17) is 14.2 Å². The Morgan fingerprint density at radius 1 is 0.769 bits per heavy atom. The summed E-state index contributed by atoms with van der Waals surface area (Å²) in [5.74, 6) is -3.87. The first-order valence-corrected chi connectivity index (χ1v) is 12.0. The van der Waals surface area contributed by atoms with Crippen molar-refractivity contribution in [3.8, 4) is 5.75 Å². The van der Waals surface area contributed by atoms with Gasteiger partial charge in [-0.2, -0.15) is 0 Å². The number of benzene rings is 2. The Labute approximate surface area is 227 Å². The maximum atomic E-state index is 13.6. The molecule has 0 aliphatic heterocycles. The number of rotatable bonds is 8. The molecule has 0 saturated carbocycles. The van der Waals surface area contributed by atoms with Crippen molar-refractivity contribution in [3.05, 3.63) is 83.2 Å². The van der Waals surface area contributed by atoms with E-state index in [9.17, 15) is 24.3 Å². The fourth-order valence-electron chi connectivity index (χ4n) is 3.05. The van der Waals surface area contributed by atoms with E-state index < -0.39 is 51.9 Å². The van der Waals surface area contributed by atoms with E-state index in [0.29, 0.717) is 5.69 Å². The quantitative estimate of drug-likeness (QED) is 0.148. The van der Waals surface area contributed by atoms with Crippen molar-refractivity contribution >= 4 is 29.5 Å². The molecule has 0 aromatic heterocycles. The van der Waals surface area contributed by atoms with Crippen LogP contribution in [0.1, 0.15) is 51.9 Å². The number of methoxy groups -OCH3 is 1. The molecule has 10 nitrogen and oxygen atoms in total. The summed E-state index contributed by atoms with van der Waals surface area (Å²) in [6, 6.07) is 13.8. The lowest BCUT2D eigenvalue weighted by molar-refractivity contribution is -0.154. The van der Waals surface area contributed by atoms with E-state index in [2.05, 4.69) is 10.6 Å². The zero-order chi connectivity index (χ0) is 29.4. The third-order valence-electron chi connectivity index (χ3n) is 4.66. The largest absolute Gasteiger partial charge is 0.508 e. The van der Waals surface area contributed by atoms with Crippen molar-refractivity contribution in [2.24, 2.45) is 0 Å². The Balaban J connectivity index is 2.80. The lowest BCUT2D eigenvalue weighted by Crippen LogP contribution is -2.36. The number of nitrogens with one attached hydrogen (secondary N) is 2. The topological polar surface area (TPSA) is 140 Å². The zero-order valence-electron chi connectivity index (χ0n) is 23.1. The molecule has 0 atom stereocenters. The second-order valence-electron chi connectivity index (χ2n) is 10.3. The molecule has 0 spiro atoms. The van der Waals surface area contributed by atoms with Crippen molar-refractivity contribution in [2.45, 2.75) is 52.7 Å². The number of anilines is 1. The molecule has 0 fully saturated rings. The van der Waals surface area contributed by atoms with Crippen molar-refractivity contribution in [1.29, 1.82) is 0 Å². The highest BCUT2D eigenvalue weighted by Gasteiger charge is 2.35. The molecule has 39 heavy (non-hydrogen) atoms. The summed E-state index contributed by atoms with van der Waals surface area (Å²) >= 11 is 0. The second-order valence-corrected chi connectivity index (χ2v) is 10.3. The lowest BCUT2D eigenvalue weighted by atomic mass is 10.0. The SMILES string of the molecule is COC(=O)/C(NC(=O)c1ccccc1)=C(C(=O)OC(C)(C)C)/C(=C/Nc1ccc(O)cc1)C(=O)OC(C)(C)C. The summed E-state index contributed by atoms with van der Waals surface area (Å²) in [5.41, 5.74) is -3.01. The molecule has 1 amide bonds. The van der Waals surface area contributed by atoms with Crippen LogP contribution in [0.15, 0.2) is 77.6 Å². The van der Waals surface area contributed by atoms with Crippen LogP contribution in [-0.4, -0.2) is 47.2 Å². The molecule has 2 aromatic carbocycles. The summed E-state index contributed by atoms with van der Waals surface area (Å²) in [4.78, 5) is 53.0. The van der Waals surface area contributed by atoms with Crippen molar-refractivity contribution in [3.63, 3.8) is 0 Å². The summed E-state index contributed by atoms with van der Waals surface area (Å²) in [5, 5.41) is 14.8. The van der Waals surface area contributed by atoms with Crippen LogP contribution in [-0.2, 0) is 28.6 Å². The van der Waals surface area contributed by atoms with E-state index >= 15 is 0 Å². The van der Waals surface area contributed by atoms with Gasteiger partial charge in [-0.1, -0.05) is 18.2 Å². The van der Waals surface area contributed by atoms with E-state index in [-0.39, 0.29) is 11.3 Å². The summed E-state index contributed by atoms with van der Waals surface area (Å²) in [6.07, 6.45) is 1.15. The Bertz CT molecular complexity index is 1270. The van der Waals surface area contributed by atoms with Crippen LogP contribution in [0.3, 0.4) is 0 Å². The molecule has 0 aliphatic rings. The van der Waals surface area contributed by atoms with Crippen LogP contribution in [0.4, 0.5) is 5.69 Å². The molecular weight excluding hydrogens is 504 g/mol. The van der Waals surface area contributed by atoms with Gasteiger partial charge in [0, 0.05) is 17.5 Å². The van der Waals surface area contributed by atoms with E-state index in [1.807, 2.05) is 0 Å². The first-order valence-electron chi connectivity index (χ1n) is 12.0. The highest BCUT2D eigenvalue weighted by molar-refractivity contribution is 6.14. The average Bonchev–Trinajstić information content (AvgIpc) is 2.84. The number of carbonyl (C=O) groups excluding carboxylic acids is 4. The van der Waals surface area contributed by atoms with Crippen LogP contribution in [0.25, 0.3) is 0 Å². The van der Waals surface area contributed by atoms with Gasteiger partial charge < -0.3 is 30.0 Å². The van der Waals surface area contributed by atoms with Crippen molar-refractivity contribution in [1.82, 2.24) is 5.32 Å². The Hall–Kier alpha value is -4.60. The number of aromatic hydroxyl groups is 1. The molecule has 2 rings (SSSR count). The van der Waals surface area contributed by atoms with Crippen LogP contribution in [0.5, 0.6) is 5.75 Å². The fourth-order valence-corrected chi connectivity index (χ4v) is 3.05. The van der Waals surface area contributed by atoms with Gasteiger partial charge >= 0.3 is 17.9 Å². The molecule has 10 heteroatoms. The van der Waals surface area contributed by atoms with Gasteiger partial charge in [0.2, 0.25) is 0 Å². The number of amides is 1. The minimum Gasteiger partial charge on any atom is -0.508 e. The molecule has 0 aliphatic carbocycles. The third kappa shape index (κ3) is 9.66. The first-order chi connectivity index (χ1) is 18.1. The Kier molecular flexibility index (Phi) is 10.0. The van der Waals surface area contributed by atoms with Crippen LogP contribution < -0.4 is 10.6 Å². The van der Waals surface area contributed by atoms with Gasteiger partial charge in [-0.3, -0.25) is 4.79 Å². The molecule has 2 aromatic rings. The highest BCUT2D eigenvalue weighted by Crippen LogP contribution is 2.25. The van der Waals surface area contributed by atoms with Crippen LogP contribution in [0, 0.1) is 0 Å². The van der Waals surface area contributed by atoms with Gasteiger partial charge in [0.15, 0.2) is 0 Å². The zero-order valence-corrected chi connectivity index (χ0v) is 23.1. The standard InChI is InChI=1S/C29H34N2O8/c1-28(2,3)38-25(34)21(17-30-19-13-15-20(32)16-14-19)22(26(35)39-29(4,5)6)23(27(36)37-7)31-24(33)18-11-9-8-10-12-18/h8-17,30,32H,1-7H3,(H,31,33)/b21-17-,23-22+. The number of ether oxygens (including phenoxy) is 3. The van der Waals surface area contributed by atoms with Gasteiger partial charge in [0.05, 0.1) is 12.7 Å². The number of phenols is 1. The monoisotopic (exact) mass is 538 g/mol. The number of esters is 3. The van der Waals surface area contributed by atoms with E-state index in [1.165, 1.54) is 36.4 Å². The molecule has 208 valence electrons. The van der Waals surface area contributed by atoms with Gasteiger partial charge in [-0.05, 0) is 77.9 Å². The van der Waals surface area contributed by atoms with E-state index in [1.54, 1.807) is 59.7 Å². The Morgan fingerprint density at radius 2 is 1.31 bits per heavy atom. The van der Waals surface area contributed by atoms with E-state index in [0.717, 1.165) is 13.3 Å². The maximum Gasteiger partial charge on any atom is 0.355 e. The van der Waals surface area contributed by atoms with Gasteiger partial charge in [0.1, 0.15) is 28.2 Å². The molecule has 3 N–H and O–H groups in total. The minimum atomic E-state index is -1.10. The molecule has 0 unspecified atom stereocenters. The third-order valence-corrected chi connectivity index (χ3v) is 4.66. The smallest absolute Gasteiger partial charge is 0.355 e. The number of hydrogen-bond acceptors (Lipinski definition) is 9. The van der Waals surface area contributed by atoms with Crippen LogP contribution in [0.2, 0.25) is 0 Å². The average molecular weight is 539 g/mol. The normalized spacial score (nSPS) is 12.5. The minimum absolute atomic E-state index is 0.0165. The first kappa shape index (κ1) is 30.6. The molecule has 0 saturated heterocycles. The molecule has 0 heterocycles. The predicted octanol–water partition coefficient (Wildman–Crippen LogP) is 4.23. The van der Waals surface area contributed by atoms with Gasteiger partial charge in [-0.25, -0.2) is 14.4 Å². The number of carbonyl (C=O) groups is 4.